The molecule has 98 valence electrons. The predicted octanol–water partition coefficient (Wildman–Crippen LogP) is 1.98. The van der Waals surface area contributed by atoms with E-state index in [0.29, 0.717) is 18.0 Å². The molecule has 0 aromatic carbocycles. The molecule has 0 saturated carbocycles. The Hall–Kier alpha value is -0.120. The molecule has 0 aliphatic rings. The van der Waals surface area contributed by atoms with Gasteiger partial charge in [-0.25, -0.2) is 0 Å². The number of hydrogen-bond donors (Lipinski definition) is 1. The molecule has 0 aliphatic carbocycles. The molecule has 1 atom stereocenters. The van der Waals surface area contributed by atoms with Crippen molar-refractivity contribution in [3.05, 3.63) is 0 Å². The third-order valence-electron chi connectivity index (χ3n) is 2.64. The van der Waals surface area contributed by atoms with Gasteiger partial charge in [-0.05, 0) is 12.5 Å². The topological polar surface area (TPSA) is 24.5 Å². The molecule has 0 heterocycles. The first-order valence-corrected chi connectivity index (χ1v) is 6.47. The van der Waals surface area contributed by atoms with E-state index in [1.54, 1.807) is 7.11 Å². The molecule has 0 rings (SSSR count). The van der Waals surface area contributed by atoms with Crippen LogP contribution >= 0.6 is 0 Å². The van der Waals surface area contributed by atoms with Crippen LogP contribution in [0.25, 0.3) is 0 Å². The van der Waals surface area contributed by atoms with Gasteiger partial charge < -0.3 is 10.1 Å². The number of methoxy groups -OCH3 is 1. The Morgan fingerprint density at radius 2 is 1.81 bits per heavy atom. The zero-order chi connectivity index (χ0) is 12.6. The van der Waals surface area contributed by atoms with Crippen LogP contribution in [0.4, 0.5) is 0 Å². The SMILES string of the molecule is CCN(CC(C)C)C(CNC(C)C)COC. The van der Waals surface area contributed by atoms with E-state index in [1.165, 1.54) is 0 Å². The summed E-state index contributed by atoms with van der Waals surface area (Å²) in [7, 11) is 1.78. The molecule has 1 unspecified atom stereocenters. The number of nitrogens with one attached hydrogen (secondary N) is 1. The number of likely N-dealkylation sites (N-methyl/N-ethyl adjacent to an activating group) is 1. The molecule has 0 fully saturated rings. The van der Waals surface area contributed by atoms with Crippen LogP contribution < -0.4 is 5.32 Å². The summed E-state index contributed by atoms with van der Waals surface area (Å²) in [5.41, 5.74) is 0. The summed E-state index contributed by atoms with van der Waals surface area (Å²) in [5, 5.41) is 3.50. The lowest BCUT2D eigenvalue weighted by Gasteiger charge is -2.32. The first-order valence-electron chi connectivity index (χ1n) is 6.47. The highest BCUT2D eigenvalue weighted by Crippen LogP contribution is 2.05. The van der Waals surface area contributed by atoms with Crippen molar-refractivity contribution in [2.75, 3.05) is 33.4 Å². The smallest absolute Gasteiger partial charge is 0.0630 e. The summed E-state index contributed by atoms with van der Waals surface area (Å²) >= 11 is 0. The molecule has 0 aromatic rings. The van der Waals surface area contributed by atoms with Crippen LogP contribution in [0.3, 0.4) is 0 Å². The van der Waals surface area contributed by atoms with Gasteiger partial charge in [-0.2, -0.15) is 0 Å². The Morgan fingerprint density at radius 1 is 1.19 bits per heavy atom. The molecular formula is C13H30N2O. The monoisotopic (exact) mass is 230 g/mol. The Bertz CT molecular complexity index is 160. The van der Waals surface area contributed by atoms with Gasteiger partial charge in [0.05, 0.1) is 6.61 Å². The van der Waals surface area contributed by atoms with E-state index >= 15 is 0 Å². The number of nitrogens with zero attached hydrogens (tertiary/aromatic N) is 1. The fourth-order valence-corrected chi connectivity index (χ4v) is 1.86. The van der Waals surface area contributed by atoms with E-state index in [0.717, 1.165) is 26.2 Å². The van der Waals surface area contributed by atoms with E-state index in [2.05, 4.69) is 44.8 Å². The van der Waals surface area contributed by atoms with Crippen molar-refractivity contribution in [3.8, 4) is 0 Å². The van der Waals surface area contributed by atoms with Crippen molar-refractivity contribution in [3.63, 3.8) is 0 Å². The van der Waals surface area contributed by atoms with Crippen LogP contribution in [0, 0.1) is 5.92 Å². The van der Waals surface area contributed by atoms with Crippen LogP contribution in [0.2, 0.25) is 0 Å². The molecule has 16 heavy (non-hydrogen) atoms. The van der Waals surface area contributed by atoms with Crippen LogP contribution in [-0.2, 0) is 4.74 Å². The lowest BCUT2D eigenvalue weighted by Crippen LogP contribution is -2.47. The van der Waals surface area contributed by atoms with Crippen molar-refractivity contribution < 1.29 is 4.74 Å². The van der Waals surface area contributed by atoms with Crippen molar-refractivity contribution in [2.45, 2.75) is 46.7 Å². The fourth-order valence-electron chi connectivity index (χ4n) is 1.86. The highest BCUT2D eigenvalue weighted by molar-refractivity contribution is 4.75. The van der Waals surface area contributed by atoms with Crippen molar-refractivity contribution in [1.82, 2.24) is 10.2 Å². The molecule has 0 bridgehead atoms. The standard InChI is InChI=1S/C13H30N2O/c1-7-15(9-11(2)3)13(10-16-6)8-14-12(4)5/h11-14H,7-10H2,1-6H3. The van der Waals surface area contributed by atoms with Gasteiger partial charge >= 0.3 is 0 Å². The van der Waals surface area contributed by atoms with Crippen LogP contribution in [0.5, 0.6) is 0 Å². The maximum absolute atomic E-state index is 5.32. The molecule has 0 aromatic heterocycles. The number of rotatable bonds is 9. The van der Waals surface area contributed by atoms with E-state index in [4.69, 9.17) is 4.74 Å². The third-order valence-corrected chi connectivity index (χ3v) is 2.64. The highest BCUT2D eigenvalue weighted by Gasteiger charge is 2.17. The van der Waals surface area contributed by atoms with Gasteiger partial charge in [-0.15, -0.1) is 0 Å². The summed E-state index contributed by atoms with van der Waals surface area (Å²) in [6.07, 6.45) is 0. The molecule has 0 amide bonds. The summed E-state index contributed by atoms with van der Waals surface area (Å²) in [6, 6.07) is 1.02. The maximum Gasteiger partial charge on any atom is 0.0630 e. The Labute approximate surface area is 102 Å². The van der Waals surface area contributed by atoms with Gasteiger partial charge in [0.1, 0.15) is 0 Å². The lowest BCUT2D eigenvalue weighted by molar-refractivity contribution is 0.0838. The Balaban J connectivity index is 4.21. The molecule has 3 heteroatoms. The van der Waals surface area contributed by atoms with E-state index in [-0.39, 0.29) is 0 Å². The van der Waals surface area contributed by atoms with E-state index in [1.807, 2.05) is 0 Å². The Morgan fingerprint density at radius 3 is 2.19 bits per heavy atom. The average Bonchev–Trinajstić information content (AvgIpc) is 2.20. The molecule has 0 spiro atoms. The summed E-state index contributed by atoms with van der Waals surface area (Å²) in [4.78, 5) is 2.50. The quantitative estimate of drug-likeness (QED) is 0.655. The lowest BCUT2D eigenvalue weighted by atomic mass is 10.1. The predicted molar refractivity (Wildman–Crippen MR) is 70.9 cm³/mol. The zero-order valence-electron chi connectivity index (χ0n) is 11.9. The zero-order valence-corrected chi connectivity index (χ0v) is 11.9. The summed E-state index contributed by atoms with van der Waals surface area (Å²) in [6.45, 7) is 15.2. The average molecular weight is 230 g/mol. The third kappa shape index (κ3) is 7.20. The second-order valence-electron chi connectivity index (χ2n) is 5.15. The Kier molecular flexibility index (Phi) is 8.90. The molecule has 3 nitrogen and oxygen atoms in total. The van der Waals surface area contributed by atoms with E-state index < -0.39 is 0 Å². The van der Waals surface area contributed by atoms with Gasteiger partial charge in [0, 0.05) is 32.3 Å². The molecule has 0 aliphatic heterocycles. The molecular weight excluding hydrogens is 200 g/mol. The molecule has 0 saturated heterocycles. The normalized spacial score (nSPS) is 14.1. The van der Waals surface area contributed by atoms with Crippen molar-refractivity contribution >= 4 is 0 Å². The fraction of sp³-hybridized carbons (Fsp3) is 1.00. The molecule has 1 N–H and O–H groups in total. The van der Waals surface area contributed by atoms with Gasteiger partial charge in [0.2, 0.25) is 0 Å². The number of ether oxygens (including phenoxy) is 1. The minimum absolute atomic E-state index is 0.486. The van der Waals surface area contributed by atoms with Crippen molar-refractivity contribution in [2.24, 2.45) is 5.92 Å². The van der Waals surface area contributed by atoms with Crippen LogP contribution in [-0.4, -0.2) is 50.3 Å². The first-order chi connectivity index (χ1) is 7.51. The van der Waals surface area contributed by atoms with Crippen molar-refractivity contribution in [1.29, 1.82) is 0 Å². The maximum atomic E-state index is 5.32. The molecule has 0 radical (unpaired) electrons. The van der Waals surface area contributed by atoms with Crippen LogP contribution in [0.15, 0.2) is 0 Å². The minimum atomic E-state index is 0.486. The van der Waals surface area contributed by atoms with Crippen LogP contribution in [0.1, 0.15) is 34.6 Å². The number of hydrogen-bond acceptors (Lipinski definition) is 3. The highest BCUT2D eigenvalue weighted by atomic mass is 16.5. The largest absolute Gasteiger partial charge is 0.383 e. The first kappa shape index (κ1) is 15.9. The van der Waals surface area contributed by atoms with Gasteiger partial charge in [0.15, 0.2) is 0 Å². The van der Waals surface area contributed by atoms with E-state index in [9.17, 15) is 0 Å². The second-order valence-corrected chi connectivity index (χ2v) is 5.15. The van der Waals surface area contributed by atoms with Gasteiger partial charge in [-0.1, -0.05) is 34.6 Å². The van der Waals surface area contributed by atoms with Gasteiger partial charge in [0.25, 0.3) is 0 Å². The summed E-state index contributed by atoms with van der Waals surface area (Å²) in [5.74, 6) is 0.707. The minimum Gasteiger partial charge on any atom is -0.383 e. The summed E-state index contributed by atoms with van der Waals surface area (Å²) < 4.78 is 5.32. The van der Waals surface area contributed by atoms with Gasteiger partial charge in [-0.3, -0.25) is 4.90 Å². The second kappa shape index (κ2) is 8.97.